The first kappa shape index (κ1) is 25.0. The number of oxazole rings is 1. The lowest BCUT2D eigenvalue weighted by Crippen LogP contribution is -2.50. The summed E-state index contributed by atoms with van der Waals surface area (Å²) in [6.07, 6.45) is 9.44. The zero-order valence-corrected chi connectivity index (χ0v) is 22.2. The molecule has 2 atom stereocenters. The first-order valence-electron chi connectivity index (χ1n) is 11.6. The van der Waals surface area contributed by atoms with Gasteiger partial charge in [0.05, 0.1) is 24.6 Å². The molecule has 8 nitrogen and oxygen atoms in total. The lowest BCUT2D eigenvalue weighted by atomic mass is 9.93. The van der Waals surface area contributed by atoms with Crippen molar-refractivity contribution in [1.82, 2.24) is 29.7 Å². The Morgan fingerprint density at radius 3 is 2.62 bits per heavy atom. The van der Waals surface area contributed by atoms with Gasteiger partial charge < -0.3 is 19.2 Å². The number of nitrogens with zero attached hydrogens (tertiary/aromatic N) is 6. The van der Waals surface area contributed by atoms with Crippen molar-refractivity contribution in [2.45, 2.75) is 52.6 Å². The van der Waals surface area contributed by atoms with Gasteiger partial charge in [0.15, 0.2) is 5.96 Å². The first-order valence-corrected chi connectivity index (χ1v) is 11.6. The van der Waals surface area contributed by atoms with Gasteiger partial charge in [-0.1, -0.05) is 6.92 Å². The third kappa shape index (κ3) is 6.03. The van der Waals surface area contributed by atoms with Gasteiger partial charge in [-0.25, -0.2) is 9.97 Å². The molecular formula is C23H38IN7O. The van der Waals surface area contributed by atoms with Crippen LogP contribution in [-0.4, -0.2) is 70.1 Å². The highest BCUT2D eigenvalue weighted by Crippen LogP contribution is 2.27. The van der Waals surface area contributed by atoms with Gasteiger partial charge in [-0.05, 0) is 58.0 Å². The fraction of sp³-hybridized carbons (Fsp3) is 0.696. The minimum Gasteiger partial charge on any atom is -0.444 e. The standard InChI is InChI=1S/C23H37N7O.HI/c1-17-5-11-29(14-21(17)30-12-8-25-16-30)23(24-4)26-13-20-6-9-28(10-7-20)15-22-27-18(2)19(3)31-22;/h8,12,16-17,20-21H,5-7,9-11,13-15H2,1-4H3,(H,24,26);1H. The van der Waals surface area contributed by atoms with Crippen LogP contribution in [0.5, 0.6) is 0 Å². The van der Waals surface area contributed by atoms with Crippen LogP contribution in [-0.2, 0) is 6.54 Å². The van der Waals surface area contributed by atoms with E-state index >= 15 is 0 Å². The summed E-state index contributed by atoms with van der Waals surface area (Å²) in [5, 5.41) is 3.67. The molecule has 0 spiro atoms. The smallest absolute Gasteiger partial charge is 0.208 e. The molecule has 1 N–H and O–H groups in total. The van der Waals surface area contributed by atoms with E-state index in [4.69, 9.17) is 4.42 Å². The Morgan fingerprint density at radius 1 is 1.22 bits per heavy atom. The van der Waals surface area contributed by atoms with Gasteiger partial charge in [0.25, 0.3) is 0 Å². The van der Waals surface area contributed by atoms with E-state index < -0.39 is 0 Å². The second-order valence-corrected chi connectivity index (χ2v) is 9.19. The number of imidazole rings is 1. The summed E-state index contributed by atoms with van der Waals surface area (Å²) in [6, 6.07) is 0.445. The van der Waals surface area contributed by atoms with Crippen molar-refractivity contribution in [3.05, 3.63) is 36.1 Å². The molecule has 2 aromatic heterocycles. The maximum atomic E-state index is 5.76. The number of hydrogen-bond donors (Lipinski definition) is 1. The molecule has 2 aliphatic heterocycles. The average Bonchev–Trinajstić information content (AvgIpc) is 3.41. The second kappa shape index (κ2) is 11.5. The van der Waals surface area contributed by atoms with E-state index in [0.717, 1.165) is 62.6 Å². The number of hydrogen-bond acceptors (Lipinski definition) is 5. The van der Waals surface area contributed by atoms with Crippen LogP contribution < -0.4 is 5.32 Å². The molecule has 2 aromatic rings. The second-order valence-electron chi connectivity index (χ2n) is 9.19. The number of aryl methyl sites for hydroxylation is 2. The number of aromatic nitrogens is 3. The van der Waals surface area contributed by atoms with Gasteiger partial charge in [0, 0.05) is 39.1 Å². The molecule has 0 saturated carbocycles. The fourth-order valence-electron chi connectivity index (χ4n) is 4.81. The van der Waals surface area contributed by atoms with Crippen LogP contribution in [0.25, 0.3) is 0 Å². The van der Waals surface area contributed by atoms with Crippen molar-refractivity contribution < 1.29 is 4.42 Å². The number of guanidine groups is 1. The van der Waals surface area contributed by atoms with Crippen molar-refractivity contribution in [3.63, 3.8) is 0 Å². The van der Waals surface area contributed by atoms with Gasteiger partial charge in [0.1, 0.15) is 5.76 Å². The van der Waals surface area contributed by atoms with Crippen molar-refractivity contribution in [3.8, 4) is 0 Å². The van der Waals surface area contributed by atoms with Crippen LogP contribution in [0, 0.1) is 25.7 Å². The summed E-state index contributed by atoms with van der Waals surface area (Å²) in [7, 11) is 1.90. The molecule has 4 rings (SSSR count). The van der Waals surface area contributed by atoms with Gasteiger partial charge >= 0.3 is 0 Å². The van der Waals surface area contributed by atoms with Gasteiger partial charge in [-0.15, -0.1) is 24.0 Å². The van der Waals surface area contributed by atoms with Crippen molar-refractivity contribution >= 4 is 29.9 Å². The van der Waals surface area contributed by atoms with E-state index in [-0.39, 0.29) is 24.0 Å². The van der Waals surface area contributed by atoms with Crippen molar-refractivity contribution in [2.24, 2.45) is 16.8 Å². The number of halogens is 1. The molecule has 0 radical (unpaired) electrons. The number of piperidine rings is 2. The Hall–Kier alpha value is -1.62. The highest BCUT2D eigenvalue weighted by Gasteiger charge is 2.29. The monoisotopic (exact) mass is 555 g/mol. The Kier molecular flexibility index (Phi) is 8.98. The molecule has 4 heterocycles. The Balaban J connectivity index is 0.00000289. The van der Waals surface area contributed by atoms with Crippen LogP contribution in [0.2, 0.25) is 0 Å². The third-order valence-electron chi connectivity index (χ3n) is 7.03. The van der Waals surface area contributed by atoms with Crippen LogP contribution in [0.1, 0.15) is 49.6 Å². The molecule has 0 amide bonds. The molecule has 2 unspecified atom stereocenters. The zero-order valence-electron chi connectivity index (χ0n) is 19.8. The summed E-state index contributed by atoms with van der Waals surface area (Å²) in [5.74, 6) is 4.13. The van der Waals surface area contributed by atoms with Crippen molar-refractivity contribution in [2.75, 3.05) is 39.8 Å². The largest absolute Gasteiger partial charge is 0.444 e. The van der Waals surface area contributed by atoms with Gasteiger partial charge in [0.2, 0.25) is 5.89 Å². The van der Waals surface area contributed by atoms with E-state index in [1.165, 1.54) is 19.3 Å². The minimum atomic E-state index is 0. The molecule has 32 heavy (non-hydrogen) atoms. The quantitative estimate of drug-likeness (QED) is 0.346. The van der Waals surface area contributed by atoms with Crippen LogP contribution >= 0.6 is 24.0 Å². The van der Waals surface area contributed by atoms with E-state index in [2.05, 4.69) is 47.8 Å². The van der Waals surface area contributed by atoms with Gasteiger partial charge in [-0.2, -0.15) is 0 Å². The molecule has 9 heteroatoms. The molecule has 2 fully saturated rings. The molecule has 178 valence electrons. The van der Waals surface area contributed by atoms with Crippen LogP contribution in [0.4, 0.5) is 0 Å². The lowest BCUT2D eigenvalue weighted by molar-refractivity contribution is 0.161. The number of nitrogens with one attached hydrogen (secondary N) is 1. The molecule has 2 saturated heterocycles. The highest BCUT2D eigenvalue weighted by atomic mass is 127. The number of rotatable bonds is 5. The summed E-state index contributed by atoms with van der Waals surface area (Å²) >= 11 is 0. The summed E-state index contributed by atoms with van der Waals surface area (Å²) in [6.45, 7) is 12.4. The number of aliphatic imine (C=N–C) groups is 1. The summed E-state index contributed by atoms with van der Waals surface area (Å²) < 4.78 is 8.00. The summed E-state index contributed by atoms with van der Waals surface area (Å²) in [4.78, 5) is 18.2. The molecule has 0 aliphatic carbocycles. The topological polar surface area (TPSA) is 74.7 Å². The van der Waals surface area contributed by atoms with Crippen LogP contribution in [0.15, 0.2) is 28.1 Å². The zero-order chi connectivity index (χ0) is 21.8. The maximum Gasteiger partial charge on any atom is 0.208 e. The van der Waals surface area contributed by atoms with E-state index in [0.29, 0.717) is 17.9 Å². The van der Waals surface area contributed by atoms with Crippen LogP contribution in [0.3, 0.4) is 0 Å². The normalized spacial score (nSPS) is 23.2. The SMILES string of the molecule is CN=C(NCC1CCN(Cc2nc(C)c(C)o2)CC1)N1CCC(C)C(n2ccnc2)C1.I. The highest BCUT2D eigenvalue weighted by molar-refractivity contribution is 14.0. The molecular weight excluding hydrogens is 517 g/mol. The fourth-order valence-corrected chi connectivity index (χ4v) is 4.81. The Labute approximate surface area is 208 Å². The molecule has 2 aliphatic rings. The van der Waals surface area contributed by atoms with Gasteiger partial charge in [-0.3, -0.25) is 9.89 Å². The van der Waals surface area contributed by atoms with Crippen molar-refractivity contribution in [1.29, 1.82) is 0 Å². The predicted octanol–water partition coefficient (Wildman–Crippen LogP) is 3.48. The Bertz CT molecular complexity index is 838. The molecule has 0 aromatic carbocycles. The minimum absolute atomic E-state index is 0. The number of likely N-dealkylation sites (tertiary alicyclic amines) is 2. The third-order valence-corrected chi connectivity index (χ3v) is 7.03. The lowest BCUT2D eigenvalue weighted by Gasteiger charge is -2.39. The first-order chi connectivity index (χ1) is 15.0. The van der Waals surface area contributed by atoms with E-state index in [9.17, 15) is 0 Å². The Morgan fingerprint density at radius 2 is 2.00 bits per heavy atom. The maximum absolute atomic E-state index is 5.76. The summed E-state index contributed by atoms with van der Waals surface area (Å²) in [5.41, 5.74) is 1.00. The predicted molar refractivity (Wildman–Crippen MR) is 137 cm³/mol. The van der Waals surface area contributed by atoms with E-state index in [1.807, 2.05) is 33.4 Å². The average molecular weight is 556 g/mol. The molecule has 0 bridgehead atoms. The van der Waals surface area contributed by atoms with E-state index in [1.54, 1.807) is 0 Å².